The van der Waals surface area contributed by atoms with Crippen LogP contribution in [0.2, 0.25) is 0 Å². The third-order valence-electron chi connectivity index (χ3n) is 4.38. The Kier molecular flexibility index (Phi) is 3.79. The van der Waals surface area contributed by atoms with Gasteiger partial charge in [0.1, 0.15) is 5.82 Å². The number of rotatable bonds is 3. The van der Waals surface area contributed by atoms with E-state index in [1.165, 1.54) is 31.2 Å². The number of halogens is 1. The zero-order valence-electron chi connectivity index (χ0n) is 11.5. The molecule has 2 unspecified atom stereocenters. The number of nitrogens with zero attached hydrogens (tertiary/aromatic N) is 2. The van der Waals surface area contributed by atoms with E-state index in [1.807, 2.05) is 0 Å². The second-order valence-corrected chi connectivity index (χ2v) is 6.03. The van der Waals surface area contributed by atoms with E-state index < -0.39 is 0 Å². The quantitative estimate of drug-likeness (QED) is 0.751. The van der Waals surface area contributed by atoms with Crippen molar-refractivity contribution in [3.05, 3.63) is 30.1 Å². The summed E-state index contributed by atoms with van der Waals surface area (Å²) in [5.41, 5.74) is 2.39. The number of hydrogen-bond donors (Lipinski definition) is 0. The Morgan fingerprint density at radius 2 is 2.05 bits per heavy atom. The molecule has 0 amide bonds. The molecular weight excluding hydrogens is 256 g/mol. The van der Waals surface area contributed by atoms with Crippen molar-refractivity contribution in [2.24, 2.45) is 5.92 Å². The molecule has 0 radical (unpaired) electrons. The minimum atomic E-state index is 0.597. The predicted octanol–water partition coefficient (Wildman–Crippen LogP) is 4.57. The van der Waals surface area contributed by atoms with Crippen molar-refractivity contribution < 1.29 is 0 Å². The maximum Gasteiger partial charge on any atom is 0.111 e. The molecule has 1 aromatic carbocycles. The summed E-state index contributed by atoms with van der Waals surface area (Å²) in [6, 6.07) is 9.07. The number of aromatic nitrogens is 2. The number of imidazole rings is 1. The smallest absolute Gasteiger partial charge is 0.111 e. The molecule has 1 heterocycles. The van der Waals surface area contributed by atoms with Gasteiger partial charge in [-0.1, -0.05) is 31.9 Å². The second-order valence-electron chi connectivity index (χ2n) is 5.65. The molecule has 0 saturated heterocycles. The Labute approximate surface area is 119 Å². The number of para-hydroxylation sites is 2. The van der Waals surface area contributed by atoms with Gasteiger partial charge in [-0.15, -0.1) is 11.6 Å². The highest BCUT2D eigenvalue weighted by Crippen LogP contribution is 2.36. The maximum absolute atomic E-state index is 5.96. The number of benzene rings is 1. The van der Waals surface area contributed by atoms with Crippen LogP contribution in [0.4, 0.5) is 0 Å². The van der Waals surface area contributed by atoms with Gasteiger partial charge in [0.25, 0.3) is 0 Å². The number of fused-ring (bicyclic) bond motifs is 1. The van der Waals surface area contributed by atoms with Crippen molar-refractivity contribution in [3.8, 4) is 0 Å². The van der Waals surface area contributed by atoms with Crippen LogP contribution < -0.4 is 0 Å². The highest BCUT2D eigenvalue weighted by molar-refractivity contribution is 6.17. The first-order chi connectivity index (χ1) is 9.31. The van der Waals surface area contributed by atoms with Gasteiger partial charge in [0, 0.05) is 18.3 Å². The van der Waals surface area contributed by atoms with Gasteiger partial charge in [-0.05, 0) is 30.9 Å². The average molecular weight is 277 g/mol. The summed E-state index contributed by atoms with van der Waals surface area (Å²) in [6.45, 7) is 2.38. The molecule has 1 fully saturated rings. The van der Waals surface area contributed by atoms with Gasteiger partial charge < -0.3 is 4.57 Å². The van der Waals surface area contributed by atoms with Crippen LogP contribution in [0, 0.1) is 5.92 Å². The molecule has 2 nitrogen and oxygen atoms in total. The molecular formula is C16H21ClN2. The van der Waals surface area contributed by atoms with Crippen LogP contribution in [0.5, 0.6) is 0 Å². The van der Waals surface area contributed by atoms with Gasteiger partial charge in [-0.3, -0.25) is 0 Å². The van der Waals surface area contributed by atoms with Gasteiger partial charge in [0.15, 0.2) is 0 Å². The summed E-state index contributed by atoms with van der Waals surface area (Å²) in [7, 11) is 0. The first-order valence-electron chi connectivity index (χ1n) is 7.33. The number of aryl methyl sites for hydroxylation is 1. The molecule has 0 spiro atoms. The summed E-state index contributed by atoms with van der Waals surface area (Å²) < 4.78 is 2.47. The summed E-state index contributed by atoms with van der Waals surface area (Å²) >= 11 is 5.96. The highest BCUT2D eigenvalue weighted by atomic mass is 35.5. The fraction of sp³-hybridized carbons (Fsp3) is 0.562. The van der Waals surface area contributed by atoms with E-state index >= 15 is 0 Å². The van der Waals surface area contributed by atoms with Crippen LogP contribution in [0.1, 0.15) is 44.5 Å². The lowest BCUT2D eigenvalue weighted by Gasteiger charge is -2.31. The third-order valence-corrected chi connectivity index (χ3v) is 4.57. The van der Waals surface area contributed by atoms with E-state index in [9.17, 15) is 0 Å². The maximum atomic E-state index is 5.96. The molecule has 1 aliphatic carbocycles. The third kappa shape index (κ3) is 2.38. The van der Waals surface area contributed by atoms with Crippen LogP contribution in [0.25, 0.3) is 11.0 Å². The lowest BCUT2D eigenvalue weighted by Crippen LogP contribution is -2.23. The molecule has 1 saturated carbocycles. The molecule has 2 atom stereocenters. The minimum absolute atomic E-state index is 0.597. The Hall–Kier alpha value is -1.02. The lowest BCUT2D eigenvalue weighted by molar-refractivity contribution is 0.258. The van der Waals surface area contributed by atoms with Crippen molar-refractivity contribution in [1.29, 1.82) is 0 Å². The molecule has 0 bridgehead atoms. The van der Waals surface area contributed by atoms with Gasteiger partial charge in [-0.2, -0.15) is 0 Å². The SMILES string of the molecule is CC1CCCCC1n1c(CCCl)nc2ccccc21. The van der Waals surface area contributed by atoms with Crippen LogP contribution in [0.3, 0.4) is 0 Å². The zero-order valence-corrected chi connectivity index (χ0v) is 12.2. The molecule has 0 N–H and O–H groups in total. The van der Waals surface area contributed by atoms with E-state index in [0.29, 0.717) is 11.9 Å². The van der Waals surface area contributed by atoms with Crippen LogP contribution in [-0.2, 0) is 6.42 Å². The van der Waals surface area contributed by atoms with E-state index in [-0.39, 0.29) is 0 Å². The van der Waals surface area contributed by atoms with Gasteiger partial charge in [0.05, 0.1) is 11.0 Å². The van der Waals surface area contributed by atoms with Gasteiger partial charge in [-0.25, -0.2) is 4.98 Å². The first-order valence-corrected chi connectivity index (χ1v) is 7.86. The second kappa shape index (κ2) is 5.54. The Morgan fingerprint density at radius 1 is 1.26 bits per heavy atom. The Balaban J connectivity index is 2.10. The summed E-state index contributed by atoms with van der Waals surface area (Å²) in [5, 5.41) is 0. The summed E-state index contributed by atoms with van der Waals surface area (Å²) in [5.74, 6) is 2.54. The summed E-state index contributed by atoms with van der Waals surface area (Å²) in [6.07, 6.45) is 6.17. The predicted molar refractivity (Wildman–Crippen MR) is 80.8 cm³/mol. The topological polar surface area (TPSA) is 17.8 Å². The molecule has 19 heavy (non-hydrogen) atoms. The van der Waals surface area contributed by atoms with Crippen molar-refractivity contribution in [3.63, 3.8) is 0 Å². The van der Waals surface area contributed by atoms with Crippen molar-refractivity contribution >= 4 is 22.6 Å². The normalized spacial score (nSPS) is 23.9. The molecule has 1 aliphatic rings. The van der Waals surface area contributed by atoms with Crippen LogP contribution >= 0.6 is 11.6 Å². The molecule has 3 heteroatoms. The molecule has 0 aliphatic heterocycles. The fourth-order valence-corrected chi connectivity index (χ4v) is 3.57. The van der Waals surface area contributed by atoms with E-state index in [4.69, 9.17) is 16.6 Å². The van der Waals surface area contributed by atoms with E-state index in [2.05, 4.69) is 35.8 Å². The van der Waals surface area contributed by atoms with E-state index in [1.54, 1.807) is 0 Å². The molecule has 3 rings (SSSR count). The van der Waals surface area contributed by atoms with Crippen LogP contribution in [-0.4, -0.2) is 15.4 Å². The summed E-state index contributed by atoms with van der Waals surface area (Å²) in [4.78, 5) is 4.79. The zero-order chi connectivity index (χ0) is 13.2. The lowest BCUT2D eigenvalue weighted by atomic mass is 9.85. The molecule has 102 valence electrons. The monoisotopic (exact) mass is 276 g/mol. The largest absolute Gasteiger partial charge is 0.325 e. The molecule has 2 aromatic rings. The number of alkyl halides is 1. The first kappa shape index (κ1) is 13.0. The highest BCUT2D eigenvalue weighted by Gasteiger charge is 2.26. The average Bonchev–Trinajstić information content (AvgIpc) is 2.78. The van der Waals surface area contributed by atoms with E-state index in [0.717, 1.165) is 23.7 Å². The number of hydrogen-bond acceptors (Lipinski definition) is 1. The van der Waals surface area contributed by atoms with Crippen molar-refractivity contribution in [2.75, 3.05) is 5.88 Å². The van der Waals surface area contributed by atoms with Crippen molar-refractivity contribution in [1.82, 2.24) is 9.55 Å². The molecule has 1 aromatic heterocycles. The van der Waals surface area contributed by atoms with Crippen LogP contribution in [0.15, 0.2) is 24.3 Å². The fourth-order valence-electron chi connectivity index (χ4n) is 3.41. The standard InChI is InChI=1S/C16H21ClN2/c1-12-6-2-4-8-14(12)19-15-9-5-3-7-13(15)18-16(19)10-11-17/h3,5,7,9,12,14H,2,4,6,8,10-11H2,1H3. The Morgan fingerprint density at radius 3 is 2.84 bits per heavy atom. The Bertz CT molecular complexity index is 561. The minimum Gasteiger partial charge on any atom is -0.325 e. The van der Waals surface area contributed by atoms with Gasteiger partial charge in [0.2, 0.25) is 0 Å². The van der Waals surface area contributed by atoms with Gasteiger partial charge >= 0.3 is 0 Å². The van der Waals surface area contributed by atoms with Crippen molar-refractivity contribution in [2.45, 2.75) is 45.1 Å².